The van der Waals surface area contributed by atoms with E-state index in [0.29, 0.717) is 24.0 Å². The average Bonchev–Trinajstić information content (AvgIpc) is 3.23. The minimum Gasteiger partial charge on any atom is -0.401 e. The van der Waals surface area contributed by atoms with Crippen molar-refractivity contribution in [2.24, 2.45) is 0 Å². The van der Waals surface area contributed by atoms with Crippen LogP contribution in [0.1, 0.15) is 85.4 Å². The van der Waals surface area contributed by atoms with Gasteiger partial charge in [0.2, 0.25) is 7.37 Å². The van der Waals surface area contributed by atoms with Crippen LogP contribution in [0.5, 0.6) is 0 Å². The number of benzene rings is 4. The standard InChI is InChI=1S/C29H37N2O5PSi.C26H30N2O5Si.C5H14O5P2.CH4/c1-21-20-31(28(33)30-27(21)32)26-19-25(24(35-26)17-18-37(5,6)34)36-38(29(2,3)4,22-13-9-7-10-14-22)23-15-11-8-12-16-23;1-18-16-28(25(31)27-24(18)30)23-15-21(22(17-29)32-23)33-34(26(2,3)4,19-11-7-5-8-12-19)20-13-9-6-10-14-20;1-8-11(4,6)5-12(7,9-2)10-3;/h7-18,20,24-26H,19H2,1-6H3,(H,30,32,33);5-14,16-17,21-23H,15H2,1-4H3,(H,27,30,31);5H2,1-4H3;1H4/b18-17+;;;/t24-,25-,26-;21-,22-,23-;;/m11../s1. The van der Waals surface area contributed by atoms with Gasteiger partial charge in [0.25, 0.3) is 27.8 Å². The first-order valence-corrected chi connectivity index (χ1v) is 37.9. The van der Waals surface area contributed by atoms with Gasteiger partial charge in [0.05, 0.1) is 12.2 Å². The fourth-order valence-electron chi connectivity index (χ4n) is 10.5. The molecule has 2 aromatic heterocycles. The Hall–Kier alpha value is -5.51. The van der Waals surface area contributed by atoms with Crippen LogP contribution in [0.3, 0.4) is 0 Å². The van der Waals surface area contributed by atoms with E-state index < -0.39 is 98.1 Å². The molecule has 1 unspecified atom stereocenters. The van der Waals surface area contributed by atoms with Gasteiger partial charge in [0, 0.05) is 64.4 Å². The molecule has 0 radical (unpaired) electrons. The highest BCUT2D eigenvalue weighted by atomic mass is 31.2. The number of aromatic nitrogens is 4. The summed E-state index contributed by atoms with van der Waals surface area (Å²) in [5.74, 6) is 1.51. The van der Waals surface area contributed by atoms with Crippen molar-refractivity contribution in [2.45, 2.75) is 123 Å². The molecule has 4 aromatic carbocycles. The van der Waals surface area contributed by atoms with Crippen LogP contribution in [0.2, 0.25) is 10.1 Å². The molecule has 0 amide bonds. The van der Waals surface area contributed by atoms with Crippen molar-refractivity contribution in [3.8, 4) is 0 Å². The van der Waals surface area contributed by atoms with Crippen LogP contribution in [0.4, 0.5) is 0 Å². The number of nitrogens with one attached hydrogen (secondary N) is 2. The zero-order valence-electron chi connectivity index (χ0n) is 50.4. The largest absolute Gasteiger partial charge is 0.401 e. The molecule has 0 spiro atoms. The number of hydrogen-bond acceptors (Lipinski definition) is 15. The van der Waals surface area contributed by atoms with E-state index in [-0.39, 0.29) is 23.4 Å². The summed E-state index contributed by atoms with van der Waals surface area (Å²) in [5.41, 5.74) is -1.15. The zero-order valence-corrected chi connectivity index (χ0v) is 55.1. The summed E-state index contributed by atoms with van der Waals surface area (Å²) in [4.78, 5) is 65.8. The molecule has 4 heterocycles. The van der Waals surface area contributed by atoms with E-state index in [2.05, 4.69) is 114 Å². The normalized spacial score (nSPS) is 20.1. The minimum atomic E-state index is -3.21. The molecule has 2 fully saturated rings. The molecule has 6 aromatic rings. The summed E-state index contributed by atoms with van der Waals surface area (Å²) >= 11 is 0. The van der Waals surface area contributed by atoms with E-state index in [1.54, 1.807) is 33.0 Å². The summed E-state index contributed by atoms with van der Waals surface area (Å²) in [7, 11) is -10.6. The first-order valence-electron chi connectivity index (χ1n) is 27.4. The fourth-order valence-corrected chi connectivity index (χ4v) is 24.5. The van der Waals surface area contributed by atoms with Crippen molar-refractivity contribution < 1.29 is 50.4 Å². The van der Waals surface area contributed by atoms with Gasteiger partial charge in [-0.3, -0.25) is 37.8 Å². The Labute approximate surface area is 501 Å². The molecule has 0 bridgehead atoms. The van der Waals surface area contributed by atoms with Gasteiger partial charge in [-0.2, -0.15) is 0 Å². The molecular weight excluding hydrogens is 1180 g/mol. The molecule has 462 valence electrons. The highest BCUT2D eigenvalue weighted by molar-refractivity contribution is 7.73. The predicted octanol–water partition coefficient (Wildman–Crippen LogP) is 9.11. The number of H-pyrrole nitrogens is 2. The second-order valence-corrected chi connectivity index (χ2v) is 40.6. The Morgan fingerprint density at radius 3 is 1.19 bits per heavy atom. The van der Waals surface area contributed by atoms with Crippen LogP contribution in [0, 0.1) is 13.8 Å². The monoisotopic (exact) mass is 1260 g/mol. The van der Waals surface area contributed by atoms with Gasteiger partial charge in [-0.25, -0.2) is 9.59 Å². The zero-order chi connectivity index (χ0) is 62.1. The van der Waals surface area contributed by atoms with Gasteiger partial charge in [-0.05, 0) is 69.9 Å². The lowest BCUT2D eigenvalue weighted by atomic mass is 10.2. The molecule has 2 aliphatic heterocycles. The number of carbonyl (C=O) groups is 1. The van der Waals surface area contributed by atoms with Crippen LogP contribution >= 0.6 is 22.1 Å². The summed E-state index contributed by atoms with van der Waals surface area (Å²) in [5, 5.41) is 3.94. The molecule has 85 heavy (non-hydrogen) atoms. The van der Waals surface area contributed by atoms with Gasteiger partial charge in [0.15, 0.2) is 6.29 Å². The Balaban J connectivity index is 0.000000259. The van der Waals surface area contributed by atoms with Crippen molar-refractivity contribution in [3.63, 3.8) is 0 Å². The highest BCUT2D eigenvalue weighted by Crippen LogP contribution is 2.60. The smallest absolute Gasteiger partial charge is 0.339 e. The molecule has 0 aliphatic carbocycles. The number of aromatic amines is 2. The number of aryl methyl sites for hydroxylation is 2. The topological polar surface area (TPSA) is 243 Å². The predicted molar refractivity (Wildman–Crippen MR) is 343 cm³/mol. The molecule has 2 saturated heterocycles. The van der Waals surface area contributed by atoms with Crippen LogP contribution in [0.25, 0.3) is 0 Å². The molecule has 8 rings (SSSR count). The lowest BCUT2D eigenvalue weighted by molar-refractivity contribution is -0.122. The lowest BCUT2D eigenvalue weighted by Gasteiger charge is -2.45. The van der Waals surface area contributed by atoms with Gasteiger partial charge in [0.1, 0.15) is 37.7 Å². The Morgan fingerprint density at radius 1 is 0.565 bits per heavy atom. The SMILES string of the molecule is C.COP(C)(=O)CP(=O)(OC)OC.Cc1cn([C@H]2C[C@@H](O[Si](c3ccccc3)(c3ccccc3)C(C)(C)C)[C@@H](/C=C/P(C)(C)=O)O2)c(=O)[nH]c1=O.Cc1cn([C@H]2C[C@@H](O[Si](c3ccccc3)(c3ccccc3)C(C)(C)C)[C@@H](C=O)O2)c(=O)[nH]c1=O. The van der Waals surface area contributed by atoms with E-state index in [1.807, 2.05) is 78.9 Å². The van der Waals surface area contributed by atoms with Gasteiger partial charge in [-0.15, -0.1) is 0 Å². The van der Waals surface area contributed by atoms with Crippen molar-refractivity contribution in [3.05, 3.63) is 198 Å². The van der Waals surface area contributed by atoms with E-state index in [9.17, 15) is 37.7 Å². The summed E-state index contributed by atoms with van der Waals surface area (Å²) in [6.07, 6.45) is 2.52. The summed E-state index contributed by atoms with van der Waals surface area (Å²) < 4.78 is 78.8. The highest BCUT2D eigenvalue weighted by Gasteiger charge is 2.55. The first-order chi connectivity index (χ1) is 39.4. The maximum absolute atomic E-state index is 12.7. The molecule has 19 nitrogen and oxygen atoms in total. The lowest BCUT2D eigenvalue weighted by Crippen LogP contribution is -2.68. The van der Waals surface area contributed by atoms with Crippen LogP contribution < -0.4 is 43.2 Å². The van der Waals surface area contributed by atoms with Crippen LogP contribution in [-0.2, 0) is 50.4 Å². The third kappa shape index (κ3) is 16.8. The molecular formula is C61H85N4O15P3Si2. The number of nitrogens with zero attached hydrogens (tertiary/aromatic N) is 2. The number of aldehydes is 1. The number of ether oxygens (including phenoxy) is 2. The van der Waals surface area contributed by atoms with Crippen LogP contribution in [0.15, 0.2) is 165 Å². The quantitative estimate of drug-likeness (QED) is 0.0463. The Bertz CT molecular complexity index is 3510. The maximum atomic E-state index is 12.7. The molecule has 2 N–H and O–H groups in total. The average molecular weight is 1260 g/mol. The van der Waals surface area contributed by atoms with Gasteiger partial charge < -0.3 is 41.3 Å². The third-order valence-corrected chi connectivity index (χ3v) is 31.1. The molecule has 24 heteroatoms. The van der Waals surface area contributed by atoms with Gasteiger partial charge in [-0.1, -0.05) is 170 Å². The van der Waals surface area contributed by atoms with Gasteiger partial charge >= 0.3 is 19.0 Å². The first kappa shape index (κ1) is 70.3. The second-order valence-electron chi connectivity index (χ2n) is 23.4. The summed E-state index contributed by atoms with van der Waals surface area (Å²) in [6.45, 7) is 21.2. The number of carbonyl (C=O) groups excluding carboxylic acids is 1. The van der Waals surface area contributed by atoms with E-state index in [0.717, 1.165) is 27.0 Å². The second kappa shape index (κ2) is 29.0. The number of hydrogen-bond donors (Lipinski definition) is 2. The fraction of sp³-hybridized carbons (Fsp3) is 0.426. The molecule has 0 saturated carbocycles. The van der Waals surface area contributed by atoms with Crippen LogP contribution in [-0.4, -0.2) is 114 Å². The van der Waals surface area contributed by atoms with E-state index >= 15 is 0 Å². The summed E-state index contributed by atoms with van der Waals surface area (Å²) in [6, 6.07) is 41.0. The van der Waals surface area contributed by atoms with E-state index in [1.165, 1.54) is 49.5 Å². The molecule has 7 atom stereocenters. The Morgan fingerprint density at radius 2 is 0.894 bits per heavy atom. The Kier molecular flexibility index (Phi) is 24.0. The van der Waals surface area contributed by atoms with Crippen molar-refractivity contribution in [1.82, 2.24) is 19.1 Å². The van der Waals surface area contributed by atoms with E-state index in [4.69, 9.17) is 18.3 Å². The van der Waals surface area contributed by atoms with Crippen molar-refractivity contribution in [1.29, 1.82) is 0 Å². The maximum Gasteiger partial charge on any atom is 0.339 e. The van der Waals surface area contributed by atoms with Crippen molar-refractivity contribution >= 4 is 65.8 Å². The molecule has 2 aliphatic rings. The minimum absolute atomic E-state index is 0. The van der Waals surface area contributed by atoms with Crippen molar-refractivity contribution in [2.75, 3.05) is 47.2 Å². The number of rotatable bonds is 18. The third-order valence-electron chi connectivity index (χ3n) is 14.8.